The van der Waals surface area contributed by atoms with Gasteiger partial charge in [0.25, 0.3) is 0 Å². The third-order valence-corrected chi connectivity index (χ3v) is 2.73. The van der Waals surface area contributed by atoms with Gasteiger partial charge >= 0.3 is 0 Å². The van der Waals surface area contributed by atoms with Crippen LogP contribution in [0.2, 0.25) is 0 Å². The van der Waals surface area contributed by atoms with Gasteiger partial charge in [-0.2, -0.15) is 0 Å². The Bertz CT molecular complexity index is 617. The highest BCUT2D eigenvalue weighted by Crippen LogP contribution is 2.20. The fourth-order valence-electron chi connectivity index (χ4n) is 1.79. The van der Waals surface area contributed by atoms with Crippen LogP contribution in [-0.4, -0.2) is 28.4 Å². The van der Waals surface area contributed by atoms with Crippen LogP contribution in [0.3, 0.4) is 0 Å². The summed E-state index contributed by atoms with van der Waals surface area (Å²) >= 11 is 0. The molecule has 4 nitrogen and oxygen atoms in total. The van der Waals surface area contributed by atoms with E-state index in [-0.39, 0.29) is 22.7 Å². The Hall–Kier alpha value is -2.46. The summed E-state index contributed by atoms with van der Waals surface area (Å²) in [5.74, 6) is -1.05. The second-order valence-electron chi connectivity index (χ2n) is 4.01. The van der Waals surface area contributed by atoms with Gasteiger partial charge in [-0.25, -0.2) is 0 Å². The van der Waals surface area contributed by atoms with Crippen LogP contribution in [0.5, 0.6) is 5.75 Å². The largest absolute Gasteiger partial charge is 0.508 e. The predicted octanol–water partition coefficient (Wildman–Crippen LogP) is 1.80. The number of aliphatic hydroxyl groups excluding tert-OH is 1. The van der Waals surface area contributed by atoms with Crippen LogP contribution in [0.4, 0.5) is 0 Å². The molecule has 2 rings (SSSR count). The Balaban J connectivity index is 2.51. The second kappa shape index (κ2) is 5.46. The topological polar surface area (TPSA) is 74.6 Å². The molecule has 0 spiro atoms. The molecule has 0 aromatic heterocycles. The fourth-order valence-corrected chi connectivity index (χ4v) is 1.79. The maximum Gasteiger partial charge on any atom is 0.193 e. The Labute approximate surface area is 109 Å². The minimum atomic E-state index is -0.710. The van der Waals surface area contributed by atoms with Crippen molar-refractivity contribution in [3.8, 4) is 5.75 Å². The first kappa shape index (κ1) is 13.0. The number of Topliss-reactive ketones (excluding diaryl/α,β-unsaturated/α-hetero) is 1. The normalized spacial score (nSPS) is 10.2. The molecule has 2 N–H and O–H groups in total. The zero-order valence-corrected chi connectivity index (χ0v) is 10.0. The highest BCUT2D eigenvalue weighted by atomic mass is 16.3. The number of benzene rings is 2. The Morgan fingerprint density at radius 3 is 2.26 bits per heavy atom. The fraction of sp³-hybridized carbons (Fsp3) is 0.0667. The van der Waals surface area contributed by atoms with Crippen LogP contribution in [0.25, 0.3) is 0 Å². The molecule has 0 saturated heterocycles. The van der Waals surface area contributed by atoms with Crippen LogP contribution in [-0.2, 0) is 0 Å². The maximum absolute atomic E-state index is 12.3. The van der Waals surface area contributed by atoms with Crippen molar-refractivity contribution >= 4 is 11.6 Å². The molecule has 0 fully saturated rings. The smallest absolute Gasteiger partial charge is 0.193 e. The van der Waals surface area contributed by atoms with Crippen molar-refractivity contribution in [2.45, 2.75) is 0 Å². The maximum atomic E-state index is 12.3. The molecule has 0 aliphatic carbocycles. The van der Waals surface area contributed by atoms with Crippen molar-refractivity contribution in [1.29, 1.82) is 0 Å². The van der Waals surface area contributed by atoms with Crippen LogP contribution >= 0.6 is 0 Å². The van der Waals surface area contributed by atoms with Gasteiger partial charge in [-0.05, 0) is 18.2 Å². The molecule has 96 valence electrons. The predicted molar refractivity (Wildman–Crippen MR) is 69.4 cm³/mol. The number of phenols is 1. The summed E-state index contributed by atoms with van der Waals surface area (Å²) in [6.07, 6.45) is 0. The Morgan fingerprint density at radius 2 is 1.63 bits per heavy atom. The molecule has 0 amide bonds. The molecule has 0 saturated carbocycles. The first-order chi connectivity index (χ1) is 9.13. The molecule has 0 unspecified atom stereocenters. The van der Waals surface area contributed by atoms with E-state index in [1.54, 1.807) is 30.3 Å². The number of carbonyl (C=O) groups excluding carboxylic acids is 2. The number of hydrogen-bond acceptors (Lipinski definition) is 4. The van der Waals surface area contributed by atoms with E-state index in [2.05, 4.69) is 0 Å². The zero-order chi connectivity index (χ0) is 13.8. The molecule has 0 bridgehead atoms. The lowest BCUT2D eigenvalue weighted by atomic mass is 9.96. The number of hydrogen-bond donors (Lipinski definition) is 2. The van der Waals surface area contributed by atoms with Gasteiger partial charge in [0.05, 0.1) is 0 Å². The number of rotatable bonds is 4. The van der Waals surface area contributed by atoms with E-state index in [9.17, 15) is 14.7 Å². The molecule has 0 atom stereocenters. The van der Waals surface area contributed by atoms with E-state index in [0.29, 0.717) is 5.56 Å². The van der Waals surface area contributed by atoms with Crippen molar-refractivity contribution in [2.75, 3.05) is 6.61 Å². The van der Waals surface area contributed by atoms with Crippen molar-refractivity contribution < 1.29 is 19.8 Å². The SMILES string of the molecule is O=C(CO)c1cc(O)ccc1C(=O)c1ccccc1. The summed E-state index contributed by atoms with van der Waals surface area (Å²) in [5.41, 5.74) is 0.639. The van der Waals surface area contributed by atoms with Crippen LogP contribution in [0, 0.1) is 0 Å². The average Bonchev–Trinajstić information content (AvgIpc) is 2.46. The zero-order valence-electron chi connectivity index (χ0n) is 10.0. The highest BCUT2D eigenvalue weighted by molar-refractivity contribution is 6.16. The molecule has 0 aliphatic heterocycles. The summed E-state index contributed by atoms with van der Waals surface area (Å²) in [6.45, 7) is -0.710. The van der Waals surface area contributed by atoms with Gasteiger partial charge in [0.2, 0.25) is 0 Å². The van der Waals surface area contributed by atoms with Crippen molar-refractivity contribution in [2.24, 2.45) is 0 Å². The first-order valence-corrected chi connectivity index (χ1v) is 5.70. The van der Waals surface area contributed by atoms with E-state index in [1.165, 1.54) is 18.2 Å². The quantitative estimate of drug-likeness (QED) is 0.818. The molecule has 0 heterocycles. The third kappa shape index (κ3) is 2.69. The summed E-state index contributed by atoms with van der Waals surface area (Å²) in [4.78, 5) is 23.9. The number of ketones is 2. The lowest BCUT2D eigenvalue weighted by Gasteiger charge is -2.07. The number of carbonyl (C=O) groups is 2. The molecular formula is C15H12O4. The van der Waals surface area contributed by atoms with Crippen molar-refractivity contribution in [3.05, 3.63) is 65.2 Å². The summed E-state index contributed by atoms with van der Waals surface area (Å²) in [5, 5.41) is 18.3. The molecule has 0 radical (unpaired) electrons. The van der Waals surface area contributed by atoms with E-state index < -0.39 is 12.4 Å². The highest BCUT2D eigenvalue weighted by Gasteiger charge is 2.18. The van der Waals surface area contributed by atoms with Crippen molar-refractivity contribution in [1.82, 2.24) is 0 Å². The van der Waals surface area contributed by atoms with Crippen LogP contribution in [0.1, 0.15) is 26.3 Å². The van der Waals surface area contributed by atoms with Gasteiger partial charge in [0, 0.05) is 16.7 Å². The van der Waals surface area contributed by atoms with E-state index in [0.717, 1.165) is 0 Å². The Morgan fingerprint density at radius 1 is 0.947 bits per heavy atom. The molecule has 2 aromatic rings. The molecular weight excluding hydrogens is 244 g/mol. The van der Waals surface area contributed by atoms with Crippen LogP contribution in [0.15, 0.2) is 48.5 Å². The standard InChI is InChI=1S/C15H12O4/c16-9-14(18)13-8-11(17)6-7-12(13)15(19)10-4-2-1-3-5-10/h1-8,16-17H,9H2. The first-order valence-electron chi connectivity index (χ1n) is 5.70. The molecule has 4 heteroatoms. The van der Waals surface area contributed by atoms with E-state index in [4.69, 9.17) is 5.11 Å². The average molecular weight is 256 g/mol. The number of aromatic hydroxyl groups is 1. The monoisotopic (exact) mass is 256 g/mol. The van der Waals surface area contributed by atoms with E-state index >= 15 is 0 Å². The van der Waals surface area contributed by atoms with Gasteiger partial charge < -0.3 is 10.2 Å². The number of phenolic OH excluding ortho intramolecular Hbond substituents is 1. The van der Waals surface area contributed by atoms with Gasteiger partial charge in [-0.3, -0.25) is 9.59 Å². The molecule has 0 aliphatic rings. The van der Waals surface area contributed by atoms with Gasteiger partial charge in [-0.1, -0.05) is 30.3 Å². The molecule has 2 aromatic carbocycles. The lowest BCUT2D eigenvalue weighted by molar-refractivity contribution is 0.0896. The third-order valence-electron chi connectivity index (χ3n) is 2.73. The summed E-state index contributed by atoms with van der Waals surface area (Å²) in [7, 11) is 0. The Kier molecular flexibility index (Phi) is 3.73. The summed E-state index contributed by atoms with van der Waals surface area (Å²) in [6, 6.07) is 12.4. The minimum absolute atomic E-state index is 0.0244. The van der Waals surface area contributed by atoms with Gasteiger partial charge in [-0.15, -0.1) is 0 Å². The van der Waals surface area contributed by atoms with Gasteiger partial charge in [0.1, 0.15) is 12.4 Å². The van der Waals surface area contributed by atoms with Crippen molar-refractivity contribution in [3.63, 3.8) is 0 Å². The van der Waals surface area contributed by atoms with E-state index in [1.807, 2.05) is 0 Å². The van der Waals surface area contributed by atoms with Gasteiger partial charge in [0.15, 0.2) is 11.6 Å². The second-order valence-corrected chi connectivity index (χ2v) is 4.01. The number of aliphatic hydroxyl groups is 1. The summed E-state index contributed by atoms with van der Waals surface area (Å²) < 4.78 is 0. The lowest BCUT2D eigenvalue weighted by Crippen LogP contribution is -2.12. The minimum Gasteiger partial charge on any atom is -0.508 e. The van der Waals surface area contributed by atoms with Crippen LogP contribution < -0.4 is 0 Å². The molecule has 19 heavy (non-hydrogen) atoms.